The number of methoxy groups -OCH3 is 2. The quantitative estimate of drug-likeness (QED) is 0.364. The van der Waals surface area contributed by atoms with Gasteiger partial charge >= 0.3 is 12.0 Å². The third kappa shape index (κ3) is 5.24. The van der Waals surface area contributed by atoms with Crippen LogP contribution in [0.1, 0.15) is 16.7 Å². The summed E-state index contributed by atoms with van der Waals surface area (Å²) < 4.78 is 15.9. The lowest BCUT2D eigenvalue weighted by Crippen LogP contribution is -2.30. The lowest BCUT2D eigenvalue weighted by Gasteiger charge is -2.13. The van der Waals surface area contributed by atoms with Gasteiger partial charge in [0.25, 0.3) is 5.91 Å². The molecule has 3 rings (SSSR count). The fourth-order valence-corrected chi connectivity index (χ4v) is 3.49. The van der Waals surface area contributed by atoms with E-state index in [1.807, 2.05) is 31.2 Å². The van der Waals surface area contributed by atoms with Gasteiger partial charge in [-0.15, -0.1) is 0 Å². The maximum absolute atomic E-state index is 12.8. The Morgan fingerprint density at radius 1 is 1.16 bits per heavy atom. The van der Waals surface area contributed by atoms with Crippen molar-refractivity contribution in [2.24, 2.45) is 0 Å². The molecule has 31 heavy (non-hydrogen) atoms. The number of aryl methyl sites for hydroxylation is 1. The van der Waals surface area contributed by atoms with Crippen molar-refractivity contribution in [3.63, 3.8) is 0 Å². The second-order valence-corrected chi connectivity index (χ2v) is 7.62. The van der Waals surface area contributed by atoms with Crippen LogP contribution in [0.3, 0.4) is 0 Å². The number of urea groups is 1. The number of carbonyl (C=O) groups excluding carboxylic acids is 3. The number of hydrogen-bond acceptors (Lipinski definition) is 6. The zero-order valence-electron chi connectivity index (χ0n) is 17.2. The third-order valence-electron chi connectivity index (χ3n) is 4.55. The molecule has 0 bridgehead atoms. The Morgan fingerprint density at radius 2 is 1.87 bits per heavy atom. The van der Waals surface area contributed by atoms with Gasteiger partial charge < -0.3 is 19.5 Å². The summed E-state index contributed by atoms with van der Waals surface area (Å²) in [6, 6.07) is 10.5. The molecule has 9 heteroatoms. The Hall–Kier alpha value is -3.33. The molecule has 162 valence electrons. The molecule has 3 amide bonds. The largest absolute Gasteiger partial charge is 0.493 e. The number of nitrogens with zero attached hydrogens (tertiary/aromatic N) is 1. The van der Waals surface area contributed by atoms with E-state index in [9.17, 15) is 14.4 Å². The van der Waals surface area contributed by atoms with E-state index in [0.717, 1.165) is 16.0 Å². The van der Waals surface area contributed by atoms with Gasteiger partial charge in [-0.05, 0) is 52.2 Å². The van der Waals surface area contributed by atoms with E-state index in [1.54, 1.807) is 18.2 Å². The van der Waals surface area contributed by atoms with E-state index in [2.05, 4.69) is 26.0 Å². The molecule has 0 aliphatic carbocycles. The van der Waals surface area contributed by atoms with Gasteiger partial charge in [-0.3, -0.25) is 9.69 Å². The average molecular weight is 489 g/mol. The van der Waals surface area contributed by atoms with Crippen molar-refractivity contribution in [2.45, 2.75) is 13.5 Å². The number of carbonyl (C=O) groups is 3. The molecule has 1 N–H and O–H groups in total. The van der Waals surface area contributed by atoms with E-state index < -0.39 is 17.9 Å². The predicted octanol–water partition coefficient (Wildman–Crippen LogP) is 3.41. The Balaban J connectivity index is 1.81. The minimum atomic E-state index is -0.534. The second kappa shape index (κ2) is 9.65. The van der Waals surface area contributed by atoms with Gasteiger partial charge in [0, 0.05) is 0 Å². The zero-order chi connectivity index (χ0) is 22.5. The van der Waals surface area contributed by atoms with E-state index in [0.29, 0.717) is 21.5 Å². The fourth-order valence-electron chi connectivity index (χ4n) is 2.91. The molecule has 0 spiro atoms. The van der Waals surface area contributed by atoms with Crippen LogP contribution in [0.4, 0.5) is 4.79 Å². The number of imide groups is 1. The number of benzene rings is 2. The van der Waals surface area contributed by atoms with E-state index in [-0.39, 0.29) is 18.8 Å². The molecule has 1 aliphatic heterocycles. The molecule has 0 aromatic heterocycles. The van der Waals surface area contributed by atoms with Gasteiger partial charge in [-0.25, -0.2) is 9.59 Å². The van der Waals surface area contributed by atoms with E-state index >= 15 is 0 Å². The predicted molar refractivity (Wildman–Crippen MR) is 116 cm³/mol. The van der Waals surface area contributed by atoms with Crippen molar-refractivity contribution in [1.29, 1.82) is 0 Å². The van der Waals surface area contributed by atoms with Gasteiger partial charge in [-0.2, -0.15) is 0 Å². The maximum Gasteiger partial charge on any atom is 0.343 e. The van der Waals surface area contributed by atoms with Crippen molar-refractivity contribution in [3.05, 3.63) is 63.3 Å². The first kappa shape index (κ1) is 22.4. The normalized spacial score (nSPS) is 14.6. The topological polar surface area (TPSA) is 94.2 Å². The molecule has 0 radical (unpaired) electrons. The minimum Gasteiger partial charge on any atom is -0.493 e. The molecule has 1 aliphatic rings. The van der Waals surface area contributed by atoms with Crippen LogP contribution in [0.25, 0.3) is 6.08 Å². The Labute approximate surface area is 187 Å². The van der Waals surface area contributed by atoms with Crippen molar-refractivity contribution in [3.8, 4) is 11.5 Å². The molecule has 1 saturated heterocycles. The number of hydrogen-bond donors (Lipinski definition) is 1. The van der Waals surface area contributed by atoms with Crippen LogP contribution in [0.15, 0.2) is 46.6 Å². The summed E-state index contributed by atoms with van der Waals surface area (Å²) in [6.07, 6.45) is 1.55. The minimum absolute atomic E-state index is 0.147. The molecular weight excluding hydrogens is 468 g/mol. The number of halogens is 1. The first-order valence-corrected chi connectivity index (χ1v) is 10.1. The van der Waals surface area contributed by atoms with Gasteiger partial charge in [0.1, 0.15) is 5.70 Å². The Bertz CT molecular complexity index is 1050. The number of amides is 3. The highest BCUT2D eigenvalue weighted by Crippen LogP contribution is 2.37. The second-order valence-electron chi connectivity index (χ2n) is 6.76. The third-order valence-corrected chi connectivity index (χ3v) is 5.14. The lowest BCUT2D eigenvalue weighted by molar-refractivity contribution is -0.143. The number of rotatable bonds is 7. The molecule has 0 saturated carbocycles. The van der Waals surface area contributed by atoms with Crippen molar-refractivity contribution in [2.75, 3.05) is 20.8 Å². The van der Waals surface area contributed by atoms with Crippen molar-refractivity contribution < 1.29 is 28.6 Å². The van der Waals surface area contributed by atoms with Crippen LogP contribution in [-0.2, 0) is 20.9 Å². The Morgan fingerprint density at radius 3 is 2.52 bits per heavy atom. The van der Waals surface area contributed by atoms with Gasteiger partial charge in [0.2, 0.25) is 0 Å². The highest BCUT2D eigenvalue weighted by Gasteiger charge is 2.33. The summed E-state index contributed by atoms with van der Waals surface area (Å²) in [5.41, 5.74) is 2.69. The summed E-state index contributed by atoms with van der Waals surface area (Å²) in [5, 5.41) is 2.60. The standard InChI is InChI=1S/C22H21BrN2O6/c1-13-4-6-14(7-5-13)11-25-21(27)17(24-22(25)28)9-15-8-16(23)20(18(10-15)29-2)31-12-19(26)30-3/h4-10H,11-12H2,1-3H3,(H,24,28)/b17-9+. The summed E-state index contributed by atoms with van der Waals surface area (Å²) >= 11 is 3.38. The van der Waals surface area contributed by atoms with Gasteiger partial charge in [0.05, 0.1) is 25.2 Å². The van der Waals surface area contributed by atoms with Gasteiger partial charge in [-0.1, -0.05) is 29.8 Å². The number of nitrogens with one attached hydrogen (secondary N) is 1. The van der Waals surface area contributed by atoms with Gasteiger partial charge in [0.15, 0.2) is 18.1 Å². The van der Waals surface area contributed by atoms with Crippen LogP contribution < -0.4 is 14.8 Å². The zero-order valence-corrected chi connectivity index (χ0v) is 18.8. The fraction of sp³-hybridized carbons (Fsp3) is 0.227. The molecule has 0 atom stereocenters. The van der Waals surface area contributed by atoms with Crippen LogP contribution in [0, 0.1) is 6.92 Å². The molecule has 2 aromatic rings. The molecular formula is C22H21BrN2O6. The van der Waals surface area contributed by atoms with Crippen LogP contribution in [0.5, 0.6) is 11.5 Å². The van der Waals surface area contributed by atoms with Crippen LogP contribution >= 0.6 is 15.9 Å². The smallest absolute Gasteiger partial charge is 0.343 e. The van der Waals surface area contributed by atoms with Crippen LogP contribution in [0.2, 0.25) is 0 Å². The Kier molecular flexibility index (Phi) is 6.96. The first-order chi connectivity index (χ1) is 14.8. The summed E-state index contributed by atoms with van der Waals surface area (Å²) in [7, 11) is 2.72. The van der Waals surface area contributed by atoms with Crippen molar-refractivity contribution >= 4 is 39.9 Å². The van der Waals surface area contributed by atoms with Crippen LogP contribution in [-0.4, -0.2) is 43.6 Å². The highest BCUT2D eigenvalue weighted by molar-refractivity contribution is 9.10. The molecule has 1 heterocycles. The SMILES string of the molecule is COC(=O)COc1c(Br)cc(/C=C2/NC(=O)N(Cc3ccc(C)cc3)C2=O)cc1OC. The highest BCUT2D eigenvalue weighted by atomic mass is 79.9. The average Bonchev–Trinajstić information content (AvgIpc) is 3.01. The summed E-state index contributed by atoms with van der Waals surface area (Å²) in [6.45, 7) is 1.86. The lowest BCUT2D eigenvalue weighted by atomic mass is 10.1. The number of esters is 1. The molecule has 2 aromatic carbocycles. The first-order valence-electron chi connectivity index (χ1n) is 9.29. The van der Waals surface area contributed by atoms with Crippen molar-refractivity contribution in [1.82, 2.24) is 10.2 Å². The monoisotopic (exact) mass is 488 g/mol. The molecule has 8 nitrogen and oxygen atoms in total. The molecule has 0 unspecified atom stereocenters. The molecule has 1 fully saturated rings. The maximum atomic E-state index is 12.8. The van der Waals surface area contributed by atoms with E-state index in [1.165, 1.54) is 14.2 Å². The summed E-state index contributed by atoms with van der Waals surface area (Å²) in [4.78, 5) is 37.6. The summed E-state index contributed by atoms with van der Waals surface area (Å²) in [5.74, 6) is -0.295. The number of ether oxygens (including phenoxy) is 3. The van der Waals surface area contributed by atoms with E-state index in [4.69, 9.17) is 9.47 Å².